The first-order valence-electron chi connectivity index (χ1n) is 10.6. The summed E-state index contributed by atoms with van der Waals surface area (Å²) >= 11 is 5.86. The smallest absolute Gasteiger partial charge is 0.266 e. The van der Waals surface area contributed by atoms with E-state index in [1.807, 2.05) is 0 Å². The molecule has 11 heteroatoms. The lowest BCUT2D eigenvalue weighted by Gasteiger charge is -2.13. The Bertz CT molecular complexity index is 956. The van der Waals surface area contributed by atoms with Gasteiger partial charge < -0.3 is 19.9 Å². The second-order valence-corrected chi connectivity index (χ2v) is 8.53. The molecule has 180 valence electrons. The molecule has 3 heterocycles. The Hall–Kier alpha value is -2.43. The van der Waals surface area contributed by atoms with E-state index >= 15 is 0 Å². The molecule has 33 heavy (non-hydrogen) atoms. The van der Waals surface area contributed by atoms with Crippen LogP contribution in [0.1, 0.15) is 35.7 Å². The van der Waals surface area contributed by atoms with Gasteiger partial charge >= 0.3 is 0 Å². The molecular weight excluding hydrogens is 459 g/mol. The van der Waals surface area contributed by atoms with Crippen molar-refractivity contribution in [3.8, 4) is 0 Å². The van der Waals surface area contributed by atoms with Gasteiger partial charge in [-0.15, -0.1) is 0 Å². The highest BCUT2D eigenvalue weighted by atomic mass is 35.5. The van der Waals surface area contributed by atoms with Crippen LogP contribution in [0.5, 0.6) is 0 Å². The van der Waals surface area contributed by atoms with Crippen molar-refractivity contribution < 1.29 is 22.7 Å². The number of ether oxygens (including phenoxy) is 1. The summed E-state index contributed by atoms with van der Waals surface area (Å²) in [6.07, 6.45) is -2.20. The highest BCUT2D eigenvalue weighted by molar-refractivity contribution is 6.28. The molecule has 0 radical (unpaired) electrons. The molecule has 1 unspecified atom stereocenters. The predicted octanol–water partition coefficient (Wildman–Crippen LogP) is 3.88. The first kappa shape index (κ1) is 25.2. The van der Waals surface area contributed by atoms with Gasteiger partial charge in [0.25, 0.3) is 6.43 Å². The topological polar surface area (TPSA) is 70.6 Å². The zero-order valence-electron chi connectivity index (χ0n) is 18.5. The van der Waals surface area contributed by atoms with E-state index in [4.69, 9.17) is 16.3 Å². The van der Waals surface area contributed by atoms with Crippen LogP contribution in [0.2, 0.25) is 5.28 Å². The molecule has 7 nitrogen and oxygen atoms in total. The third kappa shape index (κ3) is 6.78. The van der Waals surface area contributed by atoms with Gasteiger partial charge in [0.15, 0.2) is 0 Å². The van der Waals surface area contributed by atoms with Crippen LogP contribution in [0.25, 0.3) is 0 Å². The van der Waals surface area contributed by atoms with E-state index < -0.39 is 17.8 Å². The van der Waals surface area contributed by atoms with Crippen LogP contribution < -0.4 is 5.32 Å². The maximum Gasteiger partial charge on any atom is 0.266 e. The number of likely N-dealkylation sites (N-methyl/N-ethyl adjacent to an activating group) is 1. The van der Waals surface area contributed by atoms with Gasteiger partial charge in [0.2, 0.25) is 11.7 Å². The van der Waals surface area contributed by atoms with E-state index in [2.05, 4.69) is 34.2 Å². The molecule has 1 aromatic heterocycles. The number of nitrogens with zero attached hydrogens (tertiary/aromatic N) is 4. The summed E-state index contributed by atoms with van der Waals surface area (Å²) in [5.41, 5.74) is 0.720. The molecule has 1 N–H and O–H groups in total. The molecular formula is C22H27ClF3N5O2. The van der Waals surface area contributed by atoms with Gasteiger partial charge in [-0.25, -0.2) is 23.1 Å². The van der Waals surface area contributed by atoms with Crippen molar-refractivity contribution in [2.24, 2.45) is 5.92 Å². The fraction of sp³-hybridized carbons (Fsp3) is 0.500. The number of carbonyl (C=O) groups is 1. The number of nitrogens with one attached hydrogen (secondary N) is 1. The molecule has 2 aliphatic rings. The average Bonchev–Trinajstić information content (AvgIpc) is 3.09. The maximum atomic E-state index is 14.1. The van der Waals surface area contributed by atoms with Gasteiger partial charge in [-0.05, 0) is 24.6 Å². The second-order valence-electron chi connectivity index (χ2n) is 8.19. The van der Waals surface area contributed by atoms with E-state index in [-0.39, 0.29) is 17.4 Å². The molecule has 1 amide bonds. The Balaban J connectivity index is 0.000000286. The molecule has 0 aliphatic carbocycles. The van der Waals surface area contributed by atoms with Crippen molar-refractivity contribution in [2.75, 3.05) is 38.7 Å². The van der Waals surface area contributed by atoms with Gasteiger partial charge in [-0.2, -0.15) is 0 Å². The van der Waals surface area contributed by atoms with E-state index in [1.54, 1.807) is 0 Å². The summed E-state index contributed by atoms with van der Waals surface area (Å²) in [4.78, 5) is 22.8. The minimum atomic E-state index is -2.89. The third-order valence-electron chi connectivity index (χ3n) is 5.36. The highest BCUT2D eigenvalue weighted by Crippen LogP contribution is 2.28. The Morgan fingerprint density at radius 1 is 1.33 bits per heavy atom. The minimum Gasteiger partial charge on any atom is -0.380 e. The molecule has 1 atom stereocenters. The number of anilines is 1. The number of fused-ring (bicyclic) bond motifs is 1. The molecule has 0 bridgehead atoms. The van der Waals surface area contributed by atoms with Gasteiger partial charge in [0.05, 0.1) is 37.6 Å². The number of halogens is 4. The van der Waals surface area contributed by atoms with Gasteiger partial charge in [0, 0.05) is 30.8 Å². The molecule has 1 saturated heterocycles. The van der Waals surface area contributed by atoms with Crippen molar-refractivity contribution >= 4 is 23.8 Å². The standard InChI is InChI=1S/C15H12ClF3N4O.C7H15NO/c16-15-21-11-6-23(7-24)5-10(11)14(22-15)20-4-8-2-1-3-9(12(8)17)13(18)19;1-7-5-8(2)3-4-9-6-7/h1-3,7,13H,4-6H2,(H,20,21,22);7H,3-6H2,1-2H3. The quantitative estimate of drug-likeness (QED) is 0.512. The van der Waals surface area contributed by atoms with Crippen LogP contribution in [0.15, 0.2) is 18.2 Å². The van der Waals surface area contributed by atoms with Crippen LogP contribution in [0.3, 0.4) is 0 Å². The zero-order chi connectivity index (χ0) is 24.0. The van der Waals surface area contributed by atoms with Crippen molar-refractivity contribution in [1.82, 2.24) is 19.8 Å². The van der Waals surface area contributed by atoms with Crippen LogP contribution in [-0.2, 0) is 29.2 Å². The molecule has 0 saturated carbocycles. The van der Waals surface area contributed by atoms with Crippen LogP contribution in [0.4, 0.5) is 19.0 Å². The summed E-state index contributed by atoms with van der Waals surface area (Å²) < 4.78 is 44.9. The molecule has 1 fully saturated rings. The lowest BCUT2D eigenvalue weighted by molar-refractivity contribution is -0.118. The van der Waals surface area contributed by atoms with Crippen LogP contribution >= 0.6 is 11.6 Å². The largest absolute Gasteiger partial charge is 0.380 e. The maximum absolute atomic E-state index is 14.1. The number of alkyl halides is 2. The van der Waals surface area contributed by atoms with Crippen molar-refractivity contribution in [2.45, 2.75) is 33.0 Å². The average molecular weight is 486 g/mol. The van der Waals surface area contributed by atoms with Gasteiger partial charge in [0.1, 0.15) is 11.6 Å². The van der Waals surface area contributed by atoms with E-state index in [0.29, 0.717) is 42.5 Å². The van der Waals surface area contributed by atoms with Crippen molar-refractivity contribution in [3.05, 3.63) is 51.7 Å². The first-order valence-corrected chi connectivity index (χ1v) is 11.0. The Morgan fingerprint density at radius 2 is 2.12 bits per heavy atom. The summed E-state index contributed by atoms with van der Waals surface area (Å²) in [7, 11) is 2.14. The number of benzene rings is 1. The molecule has 4 rings (SSSR count). The SMILES string of the molecule is CC1COCCN(C)C1.O=CN1Cc2nc(Cl)nc(NCc3cccc(C(F)F)c3F)c2C1. The van der Waals surface area contributed by atoms with Crippen molar-refractivity contribution in [3.63, 3.8) is 0 Å². The number of rotatable bonds is 5. The first-order chi connectivity index (χ1) is 15.8. The van der Waals surface area contributed by atoms with Crippen LogP contribution in [0, 0.1) is 11.7 Å². The van der Waals surface area contributed by atoms with Gasteiger partial charge in [-0.3, -0.25) is 4.79 Å². The van der Waals surface area contributed by atoms with Gasteiger partial charge in [-0.1, -0.05) is 25.1 Å². The fourth-order valence-corrected chi connectivity index (χ4v) is 3.92. The Labute approximate surface area is 195 Å². The lowest BCUT2D eigenvalue weighted by Crippen LogP contribution is -2.24. The third-order valence-corrected chi connectivity index (χ3v) is 5.53. The van der Waals surface area contributed by atoms with Crippen LogP contribution in [-0.4, -0.2) is 59.5 Å². The van der Waals surface area contributed by atoms with E-state index in [0.717, 1.165) is 25.8 Å². The monoisotopic (exact) mass is 485 g/mol. The predicted molar refractivity (Wildman–Crippen MR) is 119 cm³/mol. The number of amides is 1. The number of hydrogen-bond donors (Lipinski definition) is 1. The molecule has 2 aliphatic heterocycles. The lowest BCUT2D eigenvalue weighted by atomic mass is 10.1. The minimum absolute atomic E-state index is 0.00852. The molecule has 0 spiro atoms. The summed E-state index contributed by atoms with van der Waals surface area (Å²) in [6.45, 7) is 6.90. The summed E-state index contributed by atoms with van der Waals surface area (Å²) in [6, 6.07) is 3.83. The Kier molecular flexibility index (Phi) is 8.87. The summed E-state index contributed by atoms with van der Waals surface area (Å²) in [5, 5.41) is 2.88. The highest BCUT2D eigenvalue weighted by Gasteiger charge is 2.24. The number of carbonyl (C=O) groups excluding carboxylic acids is 1. The number of aromatic nitrogens is 2. The van der Waals surface area contributed by atoms with E-state index in [9.17, 15) is 18.0 Å². The zero-order valence-corrected chi connectivity index (χ0v) is 19.3. The second kappa shape index (κ2) is 11.6. The molecule has 1 aromatic carbocycles. The molecule has 2 aromatic rings. The Morgan fingerprint density at radius 3 is 2.85 bits per heavy atom. The number of hydrogen-bond acceptors (Lipinski definition) is 6. The normalized spacial score (nSPS) is 18.4. The summed E-state index contributed by atoms with van der Waals surface area (Å²) in [5.74, 6) is 0.111. The van der Waals surface area contributed by atoms with Crippen molar-refractivity contribution in [1.29, 1.82) is 0 Å². The van der Waals surface area contributed by atoms with E-state index in [1.165, 1.54) is 23.6 Å². The fourth-order valence-electron chi connectivity index (χ4n) is 3.73.